The molecule has 0 unspecified atom stereocenters. The fourth-order valence-electron chi connectivity index (χ4n) is 3.10. The highest BCUT2D eigenvalue weighted by molar-refractivity contribution is 7.89. The second-order valence-electron chi connectivity index (χ2n) is 6.48. The maximum Gasteiger partial charge on any atom is 0.337 e. The molecule has 0 aromatic heterocycles. The lowest BCUT2D eigenvalue weighted by Gasteiger charge is -2.37. The van der Waals surface area contributed by atoms with Crippen LogP contribution >= 0.6 is 0 Å². The van der Waals surface area contributed by atoms with Crippen LogP contribution in [0.2, 0.25) is 0 Å². The number of carbonyl (C=O) groups excluding carboxylic acids is 1. The Labute approximate surface area is 149 Å². The first kappa shape index (κ1) is 19.8. The summed E-state index contributed by atoms with van der Waals surface area (Å²) in [5.41, 5.74) is 0.564. The van der Waals surface area contributed by atoms with Crippen LogP contribution in [0.15, 0.2) is 23.1 Å². The van der Waals surface area contributed by atoms with Crippen molar-refractivity contribution < 1.29 is 22.7 Å². The van der Waals surface area contributed by atoms with E-state index in [0.717, 1.165) is 25.9 Å². The van der Waals surface area contributed by atoms with Gasteiger partial charge >= 0.3 is 5.97 Å². The average molecular weight is 370 g/mol. The van der Waals surface area contributed by atoms with Crippen LogP contribution in [0.25, 0.3) is 0 Å². The number of aryl methyl sites for hydroxylation is 1. The molecule has 2 rings (SSSR count). The lowest BCUT2D eigenvalue weighted by Crippen LogP contribution is -2.47. The Hall–Kier alpha value is -1.48. The van der Waals surface area contributed by atoms with Crippen molar-refractivity contribution in [2.75, 3.05) is 40.5 Å². The number of piperidine rings is 1. The number of ether oxygens (including phenoxy) is 2. The highest BCUT2D eigenvalue weighted by Gasteiger charge is 2.34. The number of sulfonamides is 1. The van der Waals surface area contributed by atoms with Crippen LogP contribution < -0.4 is 10.0 Å². The van der Waals surface area contributed by atoms with Gasteiger partial charge in [0.05, 0.1) is 24.2 Å². The van der Waals surface area contributed by atoms with E-state index in [1.165, 1.54) is 13.2 Å². The van der Waals surface area contributed by atoms with Crippen molar-refractivity contribution in [3.05, 3.63) is 29.3 Å². The zero-order chi connectivity index (χ0) is 18.5. The third-order valence-corrected chi connectivity index (χ3v) is 6.19. The molecular formula is C17H26N2O5S. The van der Waals surface area contributed by atoms with Crippen molar-refractivity contribution in [1.82, 2.24) is 10.0 Å². The number of benzene rings is 1. The molecule has 0 saturated carbocycles. The normalized spacial score (nSPS) is 17.2. The number of rotatable bonds is 7. The second kappa shape index (κ2) is 8.27. The van der Waals surface area contributed by atoms with E-state index in [2.05, 4.69) is 14.8 Å². The van der Waals surface area contributed by atoms with Gasteiger partial charge in [-0.1, -0.05) is 6.07 Å². The molecule has 0 spiro atoms. The fourth-order valence-corrected chi connectivity index (χ4v) is 4.52. The van der Waals surface area contributed by atoms with Gasteiger partial charge in [-0.2, -0.15) is 0 Å². The molecule has 2 N–H and O–H groups in total. The monoisotopic (exact) mass is 370 g/mol. The molecular weight excluding hydrogens is 344 g/mol. The third kappa shape index (κ3) is 4.78. The first-order chi connectivity index (χ1) is 11.8. The van der Waals surface area contributed by atoms with Crippen LogP contribution in [0.5, 0.6) is 0 Å². The average Bonchev–Trinajstić information content (AvgIpc) is 2.61. The lowest BCUT2D eigenvalue weighted by molar-refractivity contribution is 0.0577. The zero-order valence-corrected chi connectivity index (χ0v) is 15.7. The molecule has 1 fully saturated rings. The topological polar surface area (TPSA) is 93.7 Å². The molecule has 7 nitrogen and oxygen atoms in total. The summed E-state index contributed by atoms with van der Waals surface area (Å²) in [6.07, 6.45) is 1.68. The van der Waals surface area contributed by atoms with Gasteiger partial charge in [-0.15, -0.1) is 0 Å². The van der Waals surface area contributed by atoms with E-state index in [4.69, 9.17) is 4.74 Å². The van der Waals surface area contributed by atoms with E-state index in [-0.39, 0.29) is 15.9 Å². The van der Waals surface area contributed by atoms with Crippen molar-refractivity contribution in [1.29, 1.82) is 0 Å². The quantitative estimate of drug-likeness (QED) is 0.698. The van der Waals surface area contributed by atoms with Crippen LogP contribution in [0.4, 0.5) is 0 Å². The molecule has 140 valence electrons. The SMILES string of the molecule is COCC1(CNS(=O)(=O)c2cc(C(=O)OC)ccc2C)CCNCC1. The molecule has 0 aliphatic carbocycles. The van der Waals surface area contributed by atoms with Crippen LogP contribution in [0, 0.1) is 12.3 Å². The van der Waals surface area contributed by atoms with Gasteiger partial charge in [0.1, 0.15) is 0 Å². The maximum absolute atomic E-state index is 12.8. The van der Waals surface area contributed by atoms with Crippen LogP contribution in [0.1, 0.15) is 28.8 Å². The molecule has 1 saturated heterocycles. The molecule has 0 amide bonds. The number of carbonyl (C=O) groups is 1. The smallest absolute Gasteiger partial charge is 0.337 e. The summed E-state index contributed by atoms with van der Waals surface area (Å²) >= 11 is 0. The van der Waals surface area contributed by atoms with E-state index in [1.54, 1.807) is 26.2 Å². The molecule has 0 atom stereocenters. The molecule has 1 aromatic rings. The van der Waals surface area contributed by atoms with Crippen LogP contribution in [0.3, 0.4) is 0 Å². The number of esters is 1. The summed E-state index contributed by atoms with van der Waals surface area (Å²) in [7, 11) is -0.853. The molecule has 1 heterocycles. The van der Waals surface area contributed by atoms with E-state index >= 15 is 0 Å². The molecule has 0 bridgehead atoms. The summed E-state index contributed by atoms with van der Waals surface area (Å²) in [4.78, 5) is 11.8. The Bertz CT molecular complexity index is 706. The van der Waals surface area contributed by atoms with Crippen LogP contribution in [-0.2, 0) is 19.5 Å². The third-order valence-electron chi connectivity index (χ3n) is 4.65. The molecule has 1 aliphatic heterocycles. The van der Waals surface area contributed by atoms with Gasteiger partial charge in [0.2, 0.25) is 10.0 Å². The molecule has 25 heavy (non-hydrogen) atoms. The van der Waals surface area contributed by atoms with Gasteiger partial charge in [0.25, 0.3) is 0 Å². The first-order valence-corrected chi connectivity index (χ1v) is 9.70. The Morgan fingerprint density at radius 2 is 1.96 bits per heavy atom. The molecule has 1 aliphatic rings. The van der Waals surface area contributed by atoms with Gasteiger partial charge < -0.3 is 14.8 Å². The number of hydrogen-bond acceptors (Lipinski definition) is 6. The van der Waals surface area contributed by atoms with Gasteiger partial charge in [0.15, 0.2) is 0 Å². The van der Waals surface area contributed by atoms with Crippen molar-refractivity contribution >= 4 is 16.0 Å². The Kier molecular flexibility index (Phi) is 6.56. The van der Waals surface area contributed by atoms with E-state index in [9.17, 15) is 13.2 Å². The zero-order valence-electron chi connectivity index (χ0n) is 14.9. The number of nitrogens with one attached hydrogen (secondary N) is 2. The summed E-state index contributed by atoms with van der Waals surface area (Å²) < 4.78 is 38.3. The highest BCUT2D eigenvalue weighted by atomic mass is 32.2. The largest absolute Gasteiger partial charge is 0.465 e. The highest BCUT2D eigenvalue weighted by Crippen LogP contribution is 2.29. The van der Waals surface area contributed by atoms with E-state index in [1.807, 2.05) is 0 Å². The van der Waals surface area contributed by atoms with E-state index < -0.39 is 16.0 Å². The summed E-state index contributed by atoms with van der Waals surface area (Å²) in [6.45, 7) is 4.17. The predicted molar refractivity (Wildman–Crippen MR) is 94.1 cm³/mol. The van der Waals surface area contributed by atoms with E-state index in [0.29, 0.717) is 18.7 Å². The Morgan fingerprint density at radius 1 is 1.28 bits per heavy atom. The fraction of sp³-hybridized carbons (Fsp3) is 0.588. The molecule has 1 aromatic carbocycles. The number of hydrogen-bond donors (Lipinski definition) is 2. The predicted octanol–water partition coefficient (Wildman–Crippen LogP) is 1.08. The van der Waals surface area contributed by atoms with Gasteiger partial charge in [-0.25, -0.2) is 17.9 Å². The lowest BCUT2D eigenvalue weighted by atomic mass is 9.80. The summed E-state index contributed by atoms with van der Waals surface area (Å²) in [5.74, 6) is -0.564. The van der Waals surface area contributed by atoms with Crippen molar-refractivity contribution in [3.63, 3.8) is 0 Å². The first-order valence-electron chi connectivity index (χ1n) is 8.22. The maximum atomic E-state index is 12.8. The van der Waals surface area contributed by atoms with Crippen LogP contribution in [-0.4, -0.2) is 54.8 Å². The Balaban J connectivity index is 2.22. The summed E-state index contributed by atoms with van der Waals surface area (Å²) in [6, 6.07) is 4.52. The minimum absolute atomic E-state index is 0.0944. The van der Waals surface area contributed by atoms with Crippen molar-refractivity contribution in [2.45, 2.75) is 24.7 Å². The van der Waals surface area contributed by atoms with Crippen molar-refractivity contribution in [2.24, 2.45) is 5.41 Å². The van der Waals surface area contributed by atoms with Gasteiger partial charge in [0, 0.05) is 19.1 Å². The second-order valence-corrected chi connectivity index (χ2v) is 8.21. The Morgan fingerprint density at radius 3 is 2.56 bits per heavy atom. The minimum atomic E-state index is -3.74. The van der Waals surface area contributed by atoms with Gasteiger partial charge in [-0.05, 0) is 50.6 Å². The summed E-state index contributed by atoms with van der Waals surface area (Å²) in [5, 5.41) is 3.28. The molecule has 0 radical (unpaired) electrons. The minimum Gasteiger partial charge on any atom is -0.465 e. The van der Waals surface area contributed by atoms with Gasteiger partial charge in [-0.3, -0.25) is 0 Å². The standard InChI is InChI=1S/C17H26N2O5S/c1-13-4-5-14(16(20)24-3)10-15(13)25(21,22)19-11-17(12-23-2)6-8-18-9-7-17/h4-5,10,18-19H,6-9,11-12H2,1-3H3. The number of methoxy groups -OCH3 is 2. The van der Waals surface area contributed by atoms with Crippen molar-refractivity contribution in [3.8, 4) is 0 Å². The molecule has 8 heteroatoms.